The van der Waals surface area contributed by atoms with Crippen LogP contribution in [-0.4, -0.2) is 46.5 Å². The van der Waals surface area contributed by atoms with Crippen LogP contribution in [0.15, 0.2) is 72.8 Å². The average molecular weight is 628 g/mol. The van der Waals surface area contributed by atoms with Gasteiger partial charge in [-0.05, 0) is 77.4 Å². The summed E-state index contributed by atoms with van der Waals surface area (Å²) in [7, 11) is 4.67. The summed E-state index contributed by atoms with van der Waals surface area (Å²) in [5.41, 5.74) is 4.22. The number of hydrogen-bond acceptors (Lipinski definition) is 9. The highest BCUT2D eigenvalue weighted by molar-refractivity contribution is 6.30. The van der Waals surface area contributed by atoms with Gasteiger partial charge in [0.25, 0.3) is 0 Å². The zero-order valence-electron chi connectivity index (χ0n) is 24.8. The van der Waals surface area contributed by atoms with Crippen molar-refractivity contribution in [2.24, 2.45) is 11.8 Å². The van der Waals surface area contributed by atoms with E-state index in [0.29, 0.717) is 50.6 Å². The molecule has 2 aliphatic heterocycles. The van der Waals surface area contributed by atoms with Crippen LogP contribution in [0.1, 0.15) is 44.6 Å². The number of cyclic esters (lactones) is 1. The summed E-state index contributed by atoms with van der Waals surface area (Å²) < 4.78 is 34.3. The number of fused-ring (bicyclic) bond motifs is 3. The molecule has 9 nitrogen and oxygen atoms in total. The number of benzene rings is 4. The molecule has 230 valence electrons. The van der Waals surface area contributed by atoms with Crippen molar-refractivity contribution >= 4 is 29.0 Å². The van der Waals surface area contributed by atoms with Gasteiger partial charge in [0.1, 0.15) is 0 Å². The maximum atomic E-state index is 13.7. The van der Waals surface area contributed by atoms with Crippen LogP contribution in [-0.2, 0) is 9.53 Å². The minimum atomic E-state index is -0.558. The lowest BCUT2D eigenvalue weighted by atomic mass is 9.65. The summed E-state index contributed by atoms with van der Waals surface area (Å²) in [6.45, 7) is 0.293. The summed E-state index contributed by atoms with van der Waals surface area (Å²) in [6, 6.07) is 21.4. The third-order valence-corrected chi connectivity index (χ3v) is 9.07. The van der Waals surface area contributed by atoms with Gasteiger partial charge in [-0.2, -0.15) is 0 Å². The number of ether oxygens (including phenoxy) is 6. The van der Waals surface area contributed by atoms with E-state index in [2.05, 4.69) is 5.32 Å². The fourth-order valence-corrected chi connectivity index (χ4v) is 6.89. The van der Waals surface area contributed by atoms with E-state index in [1.165, 1.54) is 0 Å². The number of ketones is 1. The van der Waals surface area contributed by atoms with Gasteiger partial charge in [0.05, 0.1) is 39.9 Å². The number of anilines is 1. The molecule has 3 aliphatic rings. The fraction of sp³-hybridized carbons (Fsp3) is 0.257. The first-order valence-corrected chi connectivity index (χ1v) is 14.9. The molecule has 4 atom stereocenters. The maximum Gasteiger partial charge on any atom is 0.310 e. The summed E-state index contributed by atoms with van der Waals surface area (Å²) in [5.74, 6) is 0.891. The number of methoxy groups -OCH3 is 3. The standard InChI is InChI=1S/C35H30ClNO8/c1-40-28-12-19(13-29(41-2)34(28)42-3)30-22-14-26-27(45-17-44-26)15-23(22)32(24-16-43-35(39)31(24)30)37-25-7-5-4-6-21(25)33(38)18-8-10-20(36)11-9-18/h4-15,24,30-32,37H,16-17H2,1-3H3/t24-,30+,31-,32+/m0/s1. The number of rotatable bonds is 8. The smallest absolute Gasteiger partial charge is 0.310 e. The summed E-state index contributed by atoms with van der Waals surface area (Å²) in [4.78, 5) is 27.3. The normalized spacial score (nSPS) is 20.9. The second-order valence-electron chi connectivity index (χ2n) is 11.1. The lowest BCUT2D eigenvalue weighted by Gasteiger charge is -2.40. The number of esters is 1. The van der Waals surface area contributed by atoms with E-state index >= 15 is 0 Å². The second kappa shape index (κ2) is 11.6. The number of carbonyl (C=O) groups excluding carboxylic acids is 2. The molecule has 1 N–H and O–H groups in total. The molecule has 0 saturated carbocycles. The highest BCUT2D eigenvalue weighted by Gasteiger charge is 2.53. The minimum Gasteiger partial charge on any atom is -0.493 e. The molecule has 0 spiro atoms. The van der Waals surface area contributed by atoms with Crippen molar-refractivity contribution in [3.8, 4) is 28.7 Å². The van der Waals surface area contributed by atoms with Crippen molar-refractivity contribution in [1.29, 1.82) is 0 Å². The molecule has 1 saturated heterocycles. The van der Waals surface area contributed by atoms with E-state index in [4.69, 9.17) is 40.0 Å². The first kappa shape index (κ1) is 28.9. The van der Waals surface area contributed by atoms with Crippen LogP contribution < -0.4 is 29.0 Å². The Labute approximate surface area is 264 Å². The SMILES string of the molecule is COc1cc([C@@H]2c3cc4c(cc3[C@@H](Nc3ccccc3C(=O)c3ccc(Cl)cc3)[C@H]3COC(=O)[C@H]23)OCO4)cc(OC)c1OC. The Balaban J connectivity index is 1.37. The number of hydrogen-bond donors (Lipinski definition) is 1. The van der Waals surface area contributed by atoms with Crippen molar-refractivity contribution in [2.45, 2.75) is 12.0 Å². The van der Waals surface area contributed by atoms with Gasteiger partial charge in [0.15, 0.2) is 28.8 Å². The van der Waals surface area contributed by atoms with Gasteiger partial charge in [-0.3, -0.25) is 9.59 Å². The van der Waals surface area contributed by atoms with Crippen LogP contribution in [0.5, 0.6) is 28.7 Å². The van der Waals surface area contributed by atoms with E-state index in [1.54, 1.807) is 51.7 Å². The van der Waals surface area contributed by atoms with E-state index in [0.717, 1.165) is 16.7 Å². The lowest BCUT2D eigenvalue weighted by molar-refractivity contribution is -0.141. The van der Waals surface area contributed by atoms with E-state index in [1.807, 2.05) is 42.5 Å². The molecule has 7 rings (SSSR count). The Morgan fingerprint density at radius 2 is 1.51 bits per heavy atom. The maximum absolute atomic E-state index is 13.7. The van der Waals surface area contributed by atoms with Crippen LogP contribution in [0.4, 0.5) is 5.69 Å². The molecule has 4 aromatic rings. The zero-order valence-corrected chi connectivity index (χ0v) is 25.6. The summed E-state index contributed by atoms with van der Waals surface area (Å²) in [5, 5.41) is 4.19. The largest absolute Gasteiger partial charge is 0.493 e. The third-order valence-electron chi connectivity index (χ3n) is 8.82. The van der Waals surface area contributed by atoms with Crippen molar-refractivity contribution in [3.05, 3.63) is 106 Å². The molecule has 2 heterocycles. The number of para-hydroxylation sites is 1. The predicted octanol–water partition coefficient (Wildman–Crippen LogP) is 6.41. The number of halogens is 1. The Morgan fingerprint density at radius 1 is 0.844 bits per heavy atom. The van der Waals surface area contributed by atoms with Gasteiger partial charge >= 0.3 is 5.97 Å². The molecule has 0 radical (unpaired) electrons. The van der Waals surface area contributed by atoms with Crippen molar-refractivity contribution in [3.63, 3.8) is 0 Å². The van der Waals surface area contributed by atoms with Crippen LogP contribution >= 0.6 is 11.6 Å². The molecule has 0 bridgehead atoms. The fourth-order valence-electron chi connectivity index (χ4n) is 6.76. The third kappa shape index (κ3) is 4.88. The van der Waals surface area contributed by atoms with Gasteiger partial charge in [0, 0.05) is 33.7 Å². The summed E-state index contributed by atoms with van der Waals surface area (Å²) >= 11 is 6.08. The molecule has 0 unspecified atom stereocenters. The van der Waals surface area contributed by atoms with Crippen molar-refractivity contribution in [2.75, 3.05) is 40.0 Å². The van der Waals surface area contributed by atoms with Gasteiger partial charge in [-0.1, -0.05) is 23.7 Å². The molecular formula is C35H30ClNO8. The molecule has 4 aromatic carbocycles. The molecule has 0 aromatic heterocycles. The average Bonchev–Trinajstić information content (AvgIpc) is 3.69. The molecule has 1 aliphatic carbocycles. The topological polar surface area (TPSA) is 102 Å². The van der Waals surface area contributed by atoms with Crippen molar-refractivity contribution < 1.29 is 38.0 Å². The first-order chi connectivity index (χ1) is 21.9. The predicted molar refractivity (Wildman–Crippen MR) is 166 cm³/mol. The lowest BCUT2D eigenvalue weighted by Crippen LogP contribution is -2.38. The monoisotopic (exact) mass is 627 g/mol. The molecule has 1 fully saturated rings. The summed E-state index contributed by atoms with van der Waals surface area (Å²) in [6.07, 6.45) is 0. The van der Waals surface area contributed by atoms with Gasteiger partial charge in [-0.15, -0.1) is 0 Å². The van der Waals surface area contributed by atoms with E-state index < -0.39 is 17.9 Å². The second-order valence-corrected chi connectivity index (χ2v) is 11.5. The molecular weight excluding hydrogens is 598 g/mol. The Hall–Kier alpha value is -4.89. The first-order valence-electron chi connectivity index (χ1n) is 14.5. The number of nitrogens with one attached hydrogen (secondary N) is 1. The zero-order chi connectivity index (χ0) is 31.2. The Morgan fingerprint density at radius 3 is 2.18 bits per heavy atom. The molecule has 10 heteroatoms. The van der Waals surface area contributed by atoms with Crippen LogP contribution in [0.2, 0.25) is 5.02 Å². The van der Waals surface area contributed by atoms with E-state index in [-0.39, 0.29) is 31.1 Å². The Kier molecular flexibility index (Phi) is 7.41. The quantitative estimate of drug-likeness (QED) is 0.175. The van der Waals surface area contributed by atoms with Crippen LogP contribution in [0, 0.1) is 11.8 Å². The number of carbonyl (C=O) groups is 2. The molecule has 45 heavy (non-hydrogen) atoms. The van der Waals surface area contributed by atoms with Crippen LogP contribution in [0.3, 0.4) is 0 Å². The van der Waals surface area contributed by atoms with Crippen LogP contribution in [0.25, 0.3) is 0 Å². The highest BCUT2D eigenvalue weighted by Crippen LogP contribution is 2.56. The van der Waals surface area contributed by atoms with Gasteiger partial charge in [0.2, 0.25) is 12.5 Å². The molecule has 0 amide bonds. The van der Waals surface area contributed by atoms with Gasteiger partial charge in [-0.25, -0.2) is 0 Å². The van der Waals surface area contributed by atoms with Crippen molar-refractivity contribution in [1.82, 2.24) is 0 Å². The van der Waals surface area contributed by atoms with Gasteiger partial charge < -0.3 is 33.7 Å². The Bertz CT molecular complexity index is 1780. The minimum absolute atomic E-state index is 0.0957. The highest BCUT2D eigenvalue weighted by atomic mass is 35.5. The van der Waals surface area contributed by atoms with E-state index in [9.17, 15) is 9.59 Å².